The Bertz CT molecular complexity index is 938. The lowest BCUT2D eigenvalue weighted by Crippen LogP contribution is -2.31. The Hall–Kier alpha value is -1.99. The van der Waals surface area contributed by atoms with Crippen molar-refractivity contribution in [1.82, 2.24) is 14.7 Å². The lowest BCUT2D eigenvalue weighted by molar-refractivity contribution is 0.0949. The lowest BCUT2D eigenvalue weighted by atomic mass is 9.96. The Morgan fingerprint density at radius 3 is 3.09 bits per heavy atom. The van der Waals surface area contributed by atoms with E-state index in [1.54, 1.807) is 22.9 Å². The molecule has 0 bridgehead atoms. The minimum absolute atomic E-state index is 0.0880. The van der Waals surface area contributed by atoms with Gasteiger partial charge in [0.15, 0.2) is 4.96 Å². The molecule has 0 fully saturated rings. The van der Waals surface area contributed by atoms with Gasteiger partial charge in [0.05, 0.1) is 0 Å². The van der Waals surface area contributed by atoms with Crippen LogP contribution in [0.5, 0.6) is 0 Å². The van der Waals surface area contributed by atoms with Gasteiger partial charge in [-0.05, 0) is 42.2 Å². The van der Waals surface area contributed by atoms with E-state index >= 15 is 0 Å². The van der Waals surface area contributed by atoms with Crippen LogP contribution in [0.2, 0.25) is 0 Å². The van der Waals surface area contributed by atoms with E-state index in [0.717, 1.165) is 12.8 Å². The fraction of sp³-hybridized carbons (Fsp3) is 0.312. The van der Waals surface area contributed by atoms with Crippen LogP contribution in [0.15, 0.2) is 27.9 Å². The molecule has 0 saturated heterocycles. The number of rotatable bonds is 3. The second kappa shape index (κ2) is 5.90. The van der Waals surface area contributed by atoms with Crippen molar-refractivity contribution >= 4 is 33.5 Å². The van der Waals surface area contributed by atoms with Crippen LogP contribution in [0.4, 0.5) is 0 Å². The van der Waals surface area contributed by atoms with Gasteiger partial charge in [-0.1, -0.05) is 0 Å². The van der Waals surface area contributed by atoms with Gasteiger partial charge in [0.25, 0.3) is 11.5 Å². The zero-order valence-corrected chi connectivity index (χ0v) is 14.0. The molecule has 1 amide bonds. The Kier molecular flexibility index (Phi) is 3.74. The van der Waals surface area contributed by atoms with Crippen molar-refractivity contribution < 1.29 is 4.79 Å². The van der Waals surface area contributed by atoms with Crippen molar-refractivity contribution in [1.29, 1.82) is 0 Å². The predicted molar refractivity (Wildman–Crippen MR) is 91.5 cm³/mol. The number of thiazole rings is 1. The third-order valence-corrected chi connectivity index (χ3v) is 6.08. The fourth-order valence-electron chi connectivity index (χ4n) is 2.96. The van der Waals surface area contributed by atoms with Gasteiger partial charge < -0.3 is 5.32 Å². The summed E-state index contributed by atoms with van der Waals surface area (Å²) in [7, 11) is 0. The van der Waals surface area contributed by atoms with Gasteiger partial charge in [-0.15, -0.1) is 22.7 Å². The maximum absolute atomic E-state index is 12.3. The van der Waals surface area contributed by atoms with Gasteiger partial charge in [0.1, 0.15) is 5.56 Å². The first kappa shape index (κ1) is 14.6. The number of nitrogens with zero attached hydrogens (tertiary/aromatic N) is 2. The molecule has 1 N–H and O–H groups in total. The minimum atomic E-state index is -0.362. The van der Waals surface area contributed by atoms with Gasteiger partial charge in [-0.2, -0.15) is 0 Å². The maximum Gasteiger partial charge on any atom is 0.271 e. The first-order chi connectivity index (χ1) is 11.2. The number of thiophene rings is 1. The molecule has 3 aromatic heterocycles. The molecule has 4 rings (SSSR count). The van der Waals surface area contributed by atoms with Crippen LogP contribution >= 0.6 is 22.7 Å². The highest BCUT2D eigenvalue weighted by Gasteiger charge is 2.17. The standard InChI is InChI=1S/C16H15N3O2S2/c20-14(12-8-18-16-19(15(12)21)5-6-22-16)17-7-10-9-23-13-4-2-1-3-11(10)13/h5-6,8-9H,1-4,7H2,(H,17,20). The van der Waals surface area contributed by atoms with Crippen LogP contribution in [0.1, 0.15) is 39.2 Å². The summed E-state index contributed by atoms with van der Waals surface area (Å²) in [6.45, 7) is 0.469. The molecule has 118 valence electrons. The molecule has 0 unspecified atom stereocenters. The molecular weight excluding hydrogens is 330 g/mol. The van der Waals surface area contributed by atoms with Crippen molar-refractivity contribution in [3.05, 3.63) is 55.1 Å². The fourth-order valence-corrected chi connectivity index (χ4v) is 4.78. The molecule has 3 heterocycles. The van der Waals surface area contributed by atoms with E-state index in [1.807, 2.05) is 0 Å². The maximum atomic E-state index is 12.3. The molecule has 0 aromatic carbocycles. The number of hydrogen-bond acceptors (Lipinski definition) is 5. The molecule has 1 aliphatic carbocycles. The van der Waals surface area contributed by atoms with E-state index in [0.29, 0.717) is 11.5 Å². The summed E-state index contributed by atoms with van der Waals surface area (Å²) in [4.78, 5) is 30.8. The molecule has 1 aliphatic rings. The number of hydrogen-bond donors (Lipinski definition) is 1. The van der Waals surface area contributed by atoms with E-state index in [-0.39, 0.29) is 17.0 Å². The van der Waals surface area contributed by atoms with Gasteiger partial charge in [-0.25, -0.2) is 4.98 Å². The number of fused-ring (bicyclic) bond motifs is 2. The highest BCUT2D eigenvalue weighted by atomic mass is 32.1. The summed E-state index contributed by atoms with van der Waals surface area (Å²) in [6.07, 6.45) is 7.71. The van der Waals surface area contributed by atoms with E-state index < -0.39 is 0 Å². The zero-order chi connectivity index (χ0) is 15.8. The van der Waals surface area contributed by atoms with Crippen LogP contribution in [-0.4, -0.2) is 15.3 Å². The Balaban J connectivity index is 1.54. The molecule has 7 heteroatoms. The average molecular weight is 345 g/mol. The van der Waals surface area contributed by atoms with E-state index in [2.05, 4.69) is 15.7 Å². The molecule has 3 aromatic rings. The number of aromatic nitrogens is 2. The third kappa shape index (κ3) is 2.60. The topological polar surface area (TPSA) is 63.5 Å². The molecule has 5 nitrogen and oxygen atoms in total. The van der Waals surface area contributed by atoms with Crippen molar-refractivity contribution in [2.75, 3.05) is 0 Å². The SMILES string of the molecule is O=C(NCc1csc2c1CCCC2)c1cnc2sccn2c1=O. The molecule has 0 radical (unpaired) electrons. The van der Waals surface area contributed by atoms with E-state index in [1.165, 1.54) is 50.8 Å². The summed E-state index contributed by atoms with van der Waals surface area (Å²) in [6, 6.07) is 0. The number of carbonyl (C=O) groups excluding carboxylic acids is 1. The van der Waals surface area contributed by atoms with Crippen LogP contribution < -0.4 is 10.9 Å². The lowest BCUT2D eigenvalue weighted by Gasteiger charge is -2.13. The van der Waals surface area contributed by atoms with Crippen molar-refractivity contribution in [3.8, 4) is 0 Å². The molecular formula is C16H15N3O2S2. The van der Waals surface area contributed by atoms with Gasteiger partial charge in [0.2, 0.25) is 0 Å². The van der Waals surface area contributed by atoms with Crippen LogP contribution in [0, 0.1) is 0 Å². The van der Waals surface area contributed by atoms with Crippen LogP contribution in [0.3, 0.4) is 0 Å². The number of aryl methyl sites for hydroxylation is 1. The quantitative estimate of drug-likeness (QED) is 0.794. The Labute approximate surface area is 140 Å². The van der Waals surface area contributed by atoms with Crippen molar-refractivity contribution in [2.45, 2.75) is 32.2 Å². The normalized spacial score (nSPS) is 13.9. The van der Waals surface area contributed by atoms with Gasteiger partial charge in [0, 0.05) is 29.2 Å². The molecule has 0 saturated carbocycles. The number of carbonyl (C=O) groups is 1. The zero-order valence-electron chi connectivity index (χ0n) is 12.4. The predicted octanol–water partition coefficient (Wildman–Crippen LogP) is 2.63. The third-order valence-electron chi connectivity index (χ3n) is 4.18. The minimum Gasteiger partial charge on any atom is -0.348 e. The first-order valence-electron chi connectivity index (χ1n) is 7.55. The summed E-state index contributed by atoms with van der Waals surface area (Å²) < 4.78 is 1.41. The first-order valence-corrected chi connectivity index (χ1v) is 9.31. The smallest absolute Gasteiger partial charge is 0.271 e. The summed E-state index contributed by atoms with van der Waals surface area (Å²) >= 11 is 3.15. The van der Waals surface area contributed by atoms with E-state index in [9.17, 15) is 9.59 Å². The van der Waals surface area contributed by atoms with Gasteiger partial charge >= 0.3 is 0 Å². The molecule has 23 heavy (non-hydrogen) atoms. The second-order valence-corrected chi connectivity index (χ2v) is 7.42. The van der Waals surface area contributed by atoms with Crippen molar-refractivity contribution in [3.63, 3.8) is 0 Å². The highest BCUT2D eigenvalue weighted by Crippen LogP contribution is 2.30. The average Bonchev–Trinajstić information content (AvgIpc) is 3.20. The summed E-state index contributed by atoms with van der Waals surface area (Å²) in [5, 5.41) is 6.78. The molecule has 0 spiro atoms. The molecule has 0 aliphatic heterocycles. The van der Waals surface area contributed by atoms with Crippen molar-refractivity contribution in [2.24, 2.45) is 0 Å². The summed E-state index contributed by atoms with van der Waals surface area (Å²) in [5.41, 5.74) is 2.35. The van der Waals surface area contributed by atoms with Gasteiger partial charge in [-0.3, -0.25) is 14.0 Å². The monoisotopic (exact) mass is 345 g/mol. The Morgan fingerprint density at radius 2 is 2.17 bits per heavy atom. The second-order valence-electron chi connectivity index (χ2n) is 5.59. The largest absolute Gasteiger partial charge is 0.348 e. The Morgan fingerprint density at radius 1 is 1.30 bits per heavy atom. The highest BCUT2D eigenvalue weighted by molar-refractivity contribution is 7.15. The number of amides is 1. The summed E-state index contributed by atoms with van der Waals surface area (Å²) in [5.74, 6) is -0.362. The van der Waals surface area contributed by atoms with Crippen LogP contribution in [-0.2, 0) is 19.4 Å². The molecule has 0 atom stereocenters. The van der Waals surface area contributed by atoms with Crippen LogP contribution in [0.25, 0.3) is 4.96 Å². The van der Waals surface area contributed by atoms with E-state index in [4.69, 9.17) is 0 Å². The number of nitrogens with one attached hydrogen (secondary N) is 1.